The third-order valence-electron chi connectivity index (χ3n) is 2.69. The first-order valence-electron chi connectivity index (χ1n) is 5.54. The summed E-state index contributed by atoms with van der Waals surface area (Å²) in [5, 5.41) is 4.50. The highest BCUT2D eigenvalue weighted by Gasteiger charge is 2.09. The molecule has 4 heteroatoms. The Balaban J connectivity index is 2.18. The van der Waals surface area contributed by atoms with E-state index in [1.54, 1.807) is 6.07 Å². The zero-order valence-corrected chi connectivity index (χ0v) is 13.4. The minimum absolute atomic E-state index is 0.179. The fourth-order valence-corrected chi connectivity index (χ4v) is 2.40. The fraction of sp³-hybridized carbons (Fsp3) is 0.143. The standard InChI is InChI=1S/C14H12Cl2IN/c1-9(10-5-7-11(17)8-6-10)18-13-4-2-3-12(15)14(13)16/h2-9,18H,1H3. The van der Waals surface area contributed by atoms with Gasteiger partial charge >= 0.3 is 0 Å². The van der Waals surface area contributed by atoms with E-state index >= 15 is 0 Å². The summed E-state index contributed by atoms with van der Waals surface area (Å²) in [6.45, 7) is 2.10. The van der Waals surface area contributed by atoms with Crippen molar-refractivity contribution in [3.8, 4) is 0 Å². The van der Waals surface area contributed by atoms with Crippen molar-refractivity contribution < 1.29 is 0 Å². The molecule has 94 valence electrons. The van der Waals surface area contributed by atoms with Gasteiger partial charge in [0.05, 0.1) is 15.7 Å². The molecule has 2 aromatic rings. The zero-order valence-electron chi connectivity index (χ0n) is 9.75. The molecular weight excluding hydrogens is 380 g/mol. The van der Waals surface area contributed by atoms with Crippen molar-refractivity contribution in [1.29, 1.82) is 0 Å². The van der Waals surface area contributed by atoms with E-state index in [2.05, 4.69) is 59.1 Å². The molecule has 0 heterocycles. The lowest BCUT2D eigenvalue weighted by molar-refractivity contribution is 0.884. The lowest BCUT2D eigenvalue weighted by Crippen LogP contribution is -2.06. The van der Waals surface area contributed by atoms with Crippen LogP contribution in [0.4, 0.5) is 5.69 Å². The highest BCUT2D eigenvalue weighted by Crippen LogP contribution is 2.32. The molecule has 1 atom stereocenters. The molecule has 0 bridgehead atoms. The molecule has 0 saturated heterocycles. The van der Waals surface area contributed by atoms with Gasteiger partial charge in [-0.3, -0.25) is 0 Å². The van der Waals surface area contributed by atoms with Crippen molar-refractivity contribution in [2.75, 3.05) is 5.32 Å². The lowest BCUT2D eigenvalue weighted by atomic mass is 10.1. The van der Waals surface area contributed by atoms with E-state index in [1.807, 2.05) is 12.1 Å². The minimum atomic E-state index is 0.179. The van der Waals surface area contributed by atoms with Crippen LogP contribution in [-0.4, -0.2) is 0 Å². The lowest BCUT2D eigenvalue weighted by Gasteiger charge is -2.17. The van der Waals surface area contributed by atoms with Crippen molar-refractivity contribution in [2.24, 2.45) is 0 Å². The Kier molecular flexibility index (Phi) is 4.76. The highest BCUT2D eigenvalue weighted by molar-refractivity contribution is 14.1. The third kappa shape index (κ3) is 3.31. The molecule has 2 aromatic carbocycles. The Labute approximate surface area is 131 Å². The van der Waals surface area contributed by atoms with Crippen LogP contribution in [-0.2, 0) is 0 Å². The van der Waals surface area contributed by atoms with Gasteiger partial charge in [0.1, 0.15) is 0 Å². The molecule has 1 nitrogen and oxygen atoms in total. The Morgan fingerprint density at radius 3 is 2.39 bits per heavy atom. The smallest absolute Gasteiger partial charge is 0.0823 e. The third-order valence-corrected chi connectivity index (χ3v) is 4.23. The van der Waals surface area contributed by atoms with Crippen LogP contribution in [0.2, 0.25) is 10.0 Å². The van der Waals surface area contributed by atoms with Gasteiger partial charge in [-0.25, -0.2) is 0 Å². The quantitative estimate of drug-likeness (QED) is 0.654. The molecule has 0 aliphatic rings. The van der Waals surface area contributed by atoms with Gasteiger partial charge in [0, 0.05) is 9.61 Å². The number of nitrogens with one attached hydrogen (secondary N) is 1. The van der Waals surface area contributed by atoms with Crippen LogP contribution in [0.1, 0.15) is 18.5 Å². The molecule has 0 aliphatic carbocycles. The second-order valence-electron chi connectivity index (χ2n) is 4.02. The number of rotatable bonds is 3. The Bertz CT molecular complexity index is 540. The number of anilines is 1. The molecule has 1 unspecified atom stereocenters. The predicted octanol–water partition coefficient (Wildman–Crippen LogP) is 5.77. The van der Waals surface area contributed by atoms with E-state index in [0.717, 1.165) is 5.69 Å². The molecule has 18 heavy (non-hydrogen) atoms. The number of hydrogen-bond donors (Lipinski definition) is 1. The van der Waals surface area contributed by atoms with Crippen LogP contribution in [0.3, 0.4) is 0 Å². The maximum atomic E-state index is 6.15. The highest BCUT2D eigenvalue weighted by atomic mass is 127. The maximum Gasteiger partial charge on any atom is 0.0823 e. The summed E-state index contributed by atoms with van der Waals surface area (Å²) in [6.07, 6.45) is 0. The van der Waals surface area contributed by atoms with Crippen LogP contribution >= 0.6 is 45.8 Å². The Morgan fingerprint density at radius 1 is 1.06 bits per heavy atom. The zero-order chi connectivity index (χ0) is 13.1. The van der Waals surface area contributed by atoms with Gasteiger partial charge in [0.2, 0.25) is 0 Å². The molecule has 0 amide bonds. The minimum Gasteiger partial charge on any atom is -0.377 e. The van der Waals surface area contributed by atoms with E-state index in [0.29, 0.717) is 10.0 Å². The summed E-state index contributed by atoms with van der Waals surface area (Å²) >= 11 is 14.4. The van der Waals surface area contributed by atoms with E-state index in [1.165, 1.54) is 9.13 Å². The predicted molar refractivity (Wildman–Crippen MR) is 87.7 cm³/mol. The van der Waals surface area contributed by atoms with Crippen LogP contribution in [0.15, 0.2) is 42.5 Å². The number of halogens is 3. The van der Waals surface area contributed by atoms with Crippen molar-refractivity contribution in [1.82, 2.24) is 0 Å². The van der Waals surface area contributed by atoms with Gasteiger partial charge in [-0.2, -0.15) is 0 Å². The van der Waals surface area contributed by atoms with Crippen LogP contribution in [0.25, 0.3) is 0 Å². The summed E-state index contributed by atoms with van der Waals surface area (Å²) < 4.78 is 1.23. The van der Waals surface area contributed by atoms with E-state index in [4.69, 9.17) is 23.2 Å². The summed E-state index contributed by atoms with van der Waals surface area (Å²) in [4.78, 5) is 0. The summed E-state index contributed by atoms with van der Waals surface area (Å²) in [6, 6.07) is 14.2. The monoisotopic (exact) mass is 391 g/mol. The van der Waals surface area contributed by atoms with Crippen molar-refractivity contribution in [2.45, 2.75) is 13.0 Å². The molecule has 0 fully saturated rings. The van der Waals surface area contributed by atoms with Crippen LogP contribution in [0, 0.1) is 3.57 Å². The Morgan fingerprint density at radius 2 is 1.72 bits per heavy atom. The van der Waals surface area contributed by atoms with Gasteiger partial charge in [0.15, 0.2) is 0 Å². The molecule has 0 spiro atoms. The summed E-state index contributed by atoms with van der Waals surface area (Å²) in [5.74, 6) is 0. The van der Waals surface area contributed by atoms with Crippen molar-refractivity contribution in [3.05, 3.63) is 61.6 Å². The van der Waals surface area contributed by atoms with Gasteiger partial charge in [0.25, 0.3) is 0 Å². The van der Waals surface area contributed by atoms with Crippen LogP contribution < -0.4 is 5.32 Å². The van der Waals surface area contributed by atoms with E-state index < -0.39 is 0 Å². The topological polar surface area (TPSA) is 12.0 Å². The SMILES string of the molecule is CC(Nc1cccc(Cl)c1Cl)c1ccc(I)cc1. The average molecular weight is 392 g/mol. The molecular formula is C14H12Cl2IN. The van der Waals surface area contributed by atoms with Gasteiger partial charge in [-0.05, 0) is 59.3 Å². The second-order valence-corrected chi connectivity index (χ2v) is 6.05. The molecule has 2 rings (SSSR count). The summed E-state index contributed by atoms with van der Waals surface area (Å²) in [7, 11) is 0. The number of hydrogen-bond acceptors (Lipinski definition) is 1. The van der Waals surface area contributed by atoms with Gasteiger partial charge in [-0.1, -0.05) is 41.4 Å². The van der Waals surface area contributed by atoms with Gasteiger partial charge < -0.3 is 5.32 Å². The van der Waals surface area contributed by atoms with Crippen LogP contribution in [0.5, 0.6) is 0 Å². The molecule has 0 radical (unpaired) electrons. The second kappa shape index (κ2) is 6.13. The molecule has 0 saturated carbocycles. The summed E-state index contributed by atoms with van der Waals surface area (Å²) in [5.41, 5.74) is 2.07. The average Bonchev–Trinajstić information content (AvgIpc) is 2.36. The Hall–Kier alpha value is -0.450. The first kappa shape index (κ1) is 14.0. The van der Waals surface area contributed by atoms with E-state index in [9.17, 15) is 0 Å². The largest absolute Gasteiger partial charge is 0.377 e. The molecule has 0 aliphatic heterocycles. The number of benzene rings is 2. The first-order valence-corrected chi connectivity index (χ1v) is 7.37. The maximum absolute atomic E-state index is 6.15. The van der Waals surface area contributed by atoms with Gasteiger partial charge in [-0.15, -0.1) is 0 Å². The molecule has 0 aromatic heterocycles. The van der Waals surface area contributed by atoms with Crippen molar-refractivity contribution >= 4 is 51.5 Å². The van der Waals surface area contributed by atoms with E-state index in [-0.39, 0.29) is 6.04 Å². The van der Waals surface area contributed by atoms with Crippen molar-refractivity contribution in [3.63, 3.8) is 0 Å². The molecule has 1 N–H and O–H groups in total. The normalized spacial score (nSPS) is 12.2. The fourth-order valence-electron chi connectivity index (χ4n) is 1.68. The first-order chi connectivity index (χ1) is 8.58.